The van der Waals surface area contributed by atoms with Gasteiger partial charge in [-0.3, -0.25) is 0 Å². The van der Waals surface area contributed by atoms with Crippen LogP contribution < -0.4 is 15.0 Å². The molecule has 0 spiro atoms. The van der Waals surface area contributed by atoms with Crippen molar-refractivity contribution in [1.29, 1.82) is 0 Å². The van der Waals surface area contributed by atoms with Crippen LogP contribution in [0, 0.1) is 5.82 Å². The number of halogens is 1. The van der Waals surface area contributed by atoms with E-state index in [1.165, 1.54) is 25.0 Å². The van der Waals surface area contributed by atoms with Gasteiger partial charge < -0.3 is 15.0 Å². The van der Waals surface area contributed by atoms with E-state index in [4.69, 9.17) is 4.74 Å². The van der Waals surface area contributed by atoms with Gasteiger partial charge in [0, 0.05) is 31.2 Å². The van der Waals surface area contributed by atoms with Crippen molar-refractivity contribution in [3.63, 3.8) is 0 Å². The SMILES string of the molecule is COc1cc(F)ccc1N1CCC(NC2CC2)C1. The van der Waals surface area contributed by atoms with Gasteiger partial charge in [0.1, 0.15) is 11.6 Å². The zero-order chi connectivity index (χ0) is 12.5. The summed E-state index contributed by atoms with van der Waals surface area (Å²) < 4.78 is 18.4. The molecule has 0 radical (unpaired) electrons. The van der Waals surface area contributed by atoms with E-state index >= 15 is 0 Å². The minimum Gasteiger partial charge on any atom is -0.494 e. The number of nitrogens with zero attached hydrogens (tertiary/aromatic N) is 1. The molecule has 1 heterocycles. The van der Waals surface area contributed by atoms with Crippen molar-refractivity contribution >= 4 is 5.69 Å². The Hall–Kier alpha value is -1.29. The van der Waals surface area contributed by atoms with Crippen molar-refractivity contribution in [3.8, 4) is 5.75 Å². The van der Waals surface area contributed by atoms with Gasteiger partial charge in [-0.05, 0) is 31.4 Å². The maximum absolute atomic E-state index is 13.2. The maximum Gasteiger partial charge on any atom is 0.145 e. The predicted octanol–water partition coefficient (Wildman–Crippen LogP) is 2.17. The molecule has 0 aromatic heterocycles. The third-order valence-electron chi connectivity index (χ3n) is 3.72. The molecule has 3 nitrogen and oxygen atoms in total. The molecule has 1 N–H and O–H groups in total. The molecule has 1 saturated heterocycles. The van der Waals surface area contributed by atoms with Gasteiger partial charge in [-0.1, -0.05) is 0 Å². The Morgan fingerprint density at radius 2 is 2.11 bits per heavy atom. The number of anilines is 1. The Morgan fingerprint density at radius 3 is 2.83 bits per heavy atom. The van der Waals surface area contributed by atoms with E-state index in [2.05, 4.69) is 10.2 Å². The van der Waals surface area contributed by atoms with Crippen molar-refractivity contribution in [2.45, 2.75) is 31.3 Å². The number of hydrogen-bond donors (Lipinski definition) is 1. The Morgan fingerprint density at radius 1 is 1.28 bits per heavy atom. The maximum atomic E-state index is 13.2. The second-order valence-electron chi connectivity index (χ2n) is 5.19. The van der Waals surface area contributed by atoms with Gasteiger partial charge in [-0.15, -0.1) is 0 Å². The van der Waals surface area contributed by atoms with E-state index in [1.807, 2.05) is 6.07 Å². The highest BCUT2D eigenvalue weighted by Gasteiger charge is 2.30. The van der Waals surface area contributed by atoms with Gasteiger partial charge >= 0.3 is 0 Å². The van der Waals surface area contributed by atoms with Crippen LogP contribution in [0.15, 0.2) is 18.2 Å². The van der Waals surface area contributed by atoms with Crippen molar-refractivity contribution in [1.82, 2.24) is 5.32 Å². The average molecular weight is 250 g/mol. The van der Waals surface area contributed by atoms with Crippen molar-refractivity contribution < 1.29 is 9.13 Å². The van der Waals surface area contributed by atoms with Crippen molar-refractivity contribution in [3.05, 3.63) is 24.0 Å². The third-order valence-corrected chi connectivity index (χ3v) is 3.72. The number of benzene rings is 1. The summed E-state index contributed by atoms with van der Waals surface area (Å²) in [6.45, 7) is 1.99. The zero-order valence-electron chi connectivity index (χ0n) is 10.7. The molecule has 3 rings (SSSR count). The standard InChI is InChI=1S/C14H19FN2O/c1-18-14-8-10(15)2-5-13(14)17-7-6-12(9-17)16-11-3-4-11/h2,5,8,11-12,16H,3-4,6-7,9H2,1H3. The largest absolute Gasteiger partial charge is 0.494 e. The molecule has 2 fully saturated rings. The van der Waals surface area contributed by atoms with E-state index in [-0.39, 0.29) is 5.82 Å². The lowest BCUT2D eigenvalue weighted by Crippen LogP contribution is -2.34. The summed E-state index contributed by atoms with van der Waals surface area (Å²) in [6, 6.07) is 6.07. The first-order valence-electron chi connectivity index (χ1n) is 6.61. The highest BCUT2D eigenvalue weighted by molar-refractivity contribution is 5.59. The lowest BCUT2D eigenvalue weighted by atomic mass is 10.2. The van der Waals surface area contributed by atoms with E-state index in [0.29, 0.717) is 11.8 Å². The highest BCUT2D eigenvalue weighted by atomic mass is 19.1. The van der Waals surface area contributed by atoms with Crippen LogP contribution in [-0.2, 0) is 0 Å². The molecule has 1 atom stereocenters. The molecule has 4 heteroatoms. The first-order valence-corrected chi connectivity index (χ1v) is 6.61. The molecule has 98 valence electrons. The molecule has 1 aliphatic heterocycles. The predicted molar refractivity (Wildman–Crippen MR) is 69.7 cm³/mol. The van der Waals surface area contributed by atoms with Gasteiger partial charge in [-0.25, -0.2) is 4.39 Å². The fraction of sp³-hybridized carbons (Fsp3) is 0.571. The van der Waals surface area contributed by atoms with Gasteiger partial charge in [0.15, 0.2) is 0 Å². The lowest BCUT2D eigenvalue weighted by molar-refractivity contribution is 0.411. The molecule has 1 unspecified atom stereocenters. The monoisotopic (exact) mass is 250 g/mol. The minimum absolute atomic E-state index is 0.248. The Labute approximate surface area is 107 Å². The van der Waals surface area contributed by atoms with E-state index in [9.17, 15) is 4.39 Å². The third kappa shape index (κ3) is 2.43. The summed E-state index contributed by atoms with van der Waals surface area (Å²) >= 11 is 0. The number of rotatable bonds is 4. The van der Waals surface area contributed by atoms with E-state index < -0.39 is 0 Å². The summed E-state index contributed by atoms with van der Waals surface area (Å²) in [4.78, 5) is 2.28. The molecule has 0 bridgehead atoms. The average Bonchev–Trinajstić information content (AvgIpc) is 3.06. The van der Waals surface area contributed by atoms with Gasteiger partial charge in [-0.2, -0.15) is 0 Å². The van der Waals surface area contributed by atoms with Gasteiger partial charge in [0.05, 0.1) is 12.8 Å². The van der Waals surface area contributed by atoms with Gasteiger partial charge in [0.25, 0.3) is 0 Å². The molecule has 18 heavy (non-hydrogen) atoms. The molecule has 0 amide bonds. The summed E-state index contributed by atoms with van der Waals surface area (Å²) in [5.41, 5.74) is 0.999. The fourth-order valence-electron chi connectivity index (χ4n) is 2.61. The van der Waals surface area contributed by atoms with Crippen molar-refractivity contribution in [2.75, 3.05) is 25.1 Å². The molecule has 1 aromatic rings. The Kier molecular flexibility index (Phi) is 3.12. The molecule has 2 aliphatic rings. The zero-order valence-corrected chi connectivity index (χ0v) is 10.7. The molecule has 1 aromatic carbocycles. The van der Waals surface area contributed by atoms with E-state index in [0.717, 1.165) is 31.2 Å². The molecule has 1 aliphatic carbocycles. The van der Waals surface area contributed by atoms with Crippen LogP contribution in [0.3, 0.4) is 0 Å². The van der Waals surface area contributed by atoms with Gasteiger partial charge in [0.2, 0.25) is 0 Å². The number of ether oxygens (including phenoxy) is 1. The fourth-order valence-corrected chi connectivity index (χ4v) is 2.61. The Balaban J connectivity index is 1.70. The van der Waals surface area contributed by atoms with Crippen LogP contribution in [0.4, 0.5) is 10.1 Å². The first-order chi connectivity index (χ1) is 8.76. The van der Waals surface area contributed by atoms with E-state index in [1.54, 1.807) is 7.11 Å². The summed E-state index contributed by atoms with van der Waals surface area (Å²) in [5.74, 6) is 0.379. The summed E-state index contributed by atoms with van der Waals surface area (Å²) in [5, 5.41) is 3.64. The lowest BCUT2D eigenvalue weighted by Gasteiger charge is -2.21. The first kappa shape index (κ1) is 11.8. The molecular formula is C14H19FN2O. The van der Waals surface area contributed by atoms with Crippen LogP contribution in [0.2, 0.25) is 0 Å². The normalized spacial score (nSPS) is 23.4. The second-order valence-corrected chi connectivity index (χ2v) is 5.19. The quantitative estimate of drug-likeness (QED) is 0.886. The van der Waals surface area contributed by atoms with Crippen LogP contribution in [-0.4, -0.2) is 32.3 Å². The highest BCUT2D eigenvalue weighted by Crippen LogP contribution is 2.32. The van der Waals surface area contributed by atoms with Crippen molar-refractivity contribution in [2.24, 2.45) is 0 Å². The van der Waals surface area contributed by atoms with Crippen LogP contribution in [0.5, 0.6) is 5.75 Å². The second kappa shape index (κ2) is 4.76. The number of nitrogens with one attached hydrogen (secondary N) is 1. The summed E-state index contributed by atoms with van der Waals surface area (Å²) in [7, 11) is 1.59. The van der Waals surface area contributed by atoms with Crippen LogP contribution in [0.25, 0.3) is 0 Å². The Bertz CT molecular complexity index is 434. The van der Waals surface area contributed by atoms with Crippen LogP contribution >= 0.6 is 0 Å². The molecule has 1 saturated carbocycles. The number of hydrogen-bond acceptors (Lipinski definition) is 3. The summed E-state index contributed by atoms with van der Waals surface area (Å²) in [6.07, 6.45) is 3.78. The smallest absolute Gasteiger partial charge is 0.145 e. The minimum atomic E-state index is -0.248. The molecular weight excluding hydrogens is 231 g/mol. The number of methoxy groups -OCH3 is 1. The topological polar surface area (TPSA) is 24.5 Å². The van der Waals surface area contributed by atoms with Crippen LogP contribution in [0.1, 0.15) is 19.3 Å².